The molecule has 1 saturated heterocycles. The maximum atomic E-state index is 5.12. The second kappa shape index (κ2) is 3.44. The molecule has 0 aromatic rings. The molecule has 2 heteroatoms. The van der Waals surface area contributed by atoms with E-state index in [1.165, 1.54) is 18.0 Å². The molecule has 1 rings (SSSR count). The number of piperidine rings is 1. The van der Waals surface area contributed by atoms with Crippen LogP contribution in [0.2, 0.25) is 0 Å². The van der Waals surface area contributed by atoms with Gasteiger partial charge in [0, 0.05) is 19.1 Å². The predicted octanol–water partition coefficient (Wildman–Crippen LogP) is 1.86. The van der Waals surface area contributed by atoms with E-state index in [0.717, 1.165) is 12.8 Å². The summed E-state index contributed by atoms with van der Waals surface area (Å²) >= 11 is 5.12. The zero-order valence-electron chi connectivity index (χ0n) is 6.76. The number of thiocarbonyl (C=S) groups is 1. The van der Waals surface area contributed by atoms with Crippen LogP contribution in [0.1, 0.15) is 26.7 Å². The lowest BCUT2D eigenvalue weighted by Crippen LogP contribution is -2.38. The lowest BCUT2D eigenvalue weighted by Gasteiger charge is -2.30. The van der Waals surface area contributed by atoms with Crippen LogP contribution in [0, 0.1) is 0 Å². The van der Waals surface area contributed by atoms with E-state index in [2.05, 4.69) is 18.7 Å². The quantitative estimate of drug-likeness (QED) is 0.534. The molecule has 0 unspecified atom stereocenters. The van der Waals surface area contributed by atoms with Crippen molar-refractivity contribution in [2.24, 2.45) is 0 Å². The summed E-state index contributed by atoms with van der Waals surface area (Å²) < 4.78 is 0. The minimum atomic E-state index is 0.697. The highest BCUT2D eigenvalue weighted by Crippen LogP contribution is 2.09. The van der Waals surface area contributed by atoms with Crippen LogP contribution in [-0.2, 0) is 0 Å². The number of hydrogen-bond donors (Lipinski definition) is 0. The zero-order valence-corrected chi connectivity index (χ0v) is 7.58. The monoisotopic (exact) mass is 157 g/mol. The average Bonchev–Trinajstić information content (AvgIpc) is 1.88. The van der Waals surface area contributed by atoms with E-state index in [1.54, 1.807) is 0 Å². The minimum absolute atomic E-state index is 0.697. The van der Waals surface area contributed by atoms with Crippen LogP contribution in [-0.4, -0.2) is 28.9 Å². The van der Waals surface area contributed by atoms with Gasteiger partial charge in [-0.3, -0.25) is 0 Å². The van der Waals surface area contributed by atoms with Gasteiger partial charge in [0.15, 0.2) is 0 Å². The highest BCUT2D eigenvalue weighted by atomic mass is 32.1. The Labute approximate surface area is 68.4 Å². The Hall–Kier alpha value is 0.0500. The van der Waals surface area contributed by atoms with Crippen LogP contribution in [0.4, 0.5) is 0 Å². The first-order valence-corrected chi connectivity index (χ1v) is 4.36. The van der Waals surface area contributed by atoms with E-state index in [0.29, 0.717) is 6.04 Å². The molecule has 0 aromatic heterocycles. The van der Waals surface area contributed by atoms with Gasteiger partial charge >= 0.3 is 0 Å². The van der Waals surface area contributed by atoms with Crippen molar-refractivity contribution in [1.82, 2.24) is 4.90 Å². The maximum absolute atomic E-state index is 5.12. The highest BCUT2D eigenvalue weighted by Gasteiger charge is 2.15. The summed E-state index contributed by atoms with van der Waals surface area (Å²) in [6.45, 7) is 6.84. The summed E-state index contributed by atoms with van der Waals surface area (Å²) in [5.41, 5.74) is 0. The van der Waals surface area contributed by atoms with Gasteiger partial charge in [0.1, 0.15) is 0 Å². The first-order valence-electron chi connectivity index (χ1n) is 3.96. The second-order valence-corrected chi connectivity index (χ2v) is 3.75. The van der Waals surface area contributed by atoms with Crippen LogP contribution in [0.15, 0.2) is 0 Å². The van der Waals surface area contributed by atoms with Crippen molar-refractivity contribution in [1.29, 1.82) is 0 Å². The zero-order chi connectivity index (χ0) is 7.56. The fraction of sp³-hybridized carbons (Fsp3) is 0.875. The molecule has 0 bridgehead atoms. The third-order valence-corrected chi connectivity index (χ3v) is 2.49. The van der Waals surface area contributed by atoms with Crippen molar-refractivity contribution >= 4 is 17.1 Å². The summed E-state index contributed by atoms with van der Waals surface area (Å²) in [5.74, 6) is 0. The maximum Gasteiger partial charge on any atom is 0.00388 e. The molecule has 0 aromatic carbocycles. The van der Waals surface area contributed by atoms with Gasteiger partial charge in [-0.15, -0.1) is 0 Å². The molecular formula is C8H15NS. The third kappa shape index (κ3) is 2.03. The molecule has 0 N–H and O–H groups in total. The predicted molar refractivity (Wildman–Crippen MR) is 48.5 cm³/mol. The molecule has 1 aliphatic rings. The van der Waals surface area contributed by atoms with Crippen molar-refractivity contribution in [2.45, 2.75) is 32.7 Å². The molecule has 0 amide bonds. The smallest absolute Gasteiger partial charge is 0.00388 e. The lowest BCUT2D eigenvalue weighted by molar-refractivity contribution is 0.223. The van der Waals surface area contributed by atoms with Gasteiger partial charge in [0.05, 0.1) is 0 Å². The molecule has 0 spiro atoms. The van der Waals surface area contributed by atoms with Crippen LogP contribution < -0.4 is 0 Å². The summed E-state index contributed by atoms with van der Waals surface area (Å²) in [6, 6.07) is 0.697. The van der Waals surface area contributed by atoms with Crippen LogP contribution in [0.3, 0.4) is 0 Å². The summed E-state index contributed by atoms with van der Waals surface area (Å²) in [6.07, 6.45) is 2.26. The molecule has 1 aliphatic heterocycles. The Morgan fingerprint density at radius 1 is 1.30 bits per heavy atom. The molecule has 0 atom stereocenters. The largest absolute Gasteiger partial charge is 0.300 e. The molecule has 0 aliphatic carbocycles. The molecule has 1 fully saturated rings. The lowest BCUT2D eigenvalue weighted by atomic mass is 10.1. The average molecular weight is 157 g/mol. The van der Waals surface area contributed by atoms with Crippen LogP contribution in [0.25, 0.3) is 0 Å². The molecule has 0 radical (unpaired) electrons. The topological polar surface area (TPSA) is 3.24 Å². The van der Waals surface area contributed by atoms with Crippen LogP contribution >= 0.6 is 12.2 Å². The van der Waals surface area contributed by atoms with E-state index >= 15 is 0 Å². The van der Waals surface area contributed by atoms with Gasteiger partial charge in [-0.1, -0.05) is 12.2 Å². The first kappa shape index (κ1) is 8.15. The van der Waals surface area contributed by atoms with E-state index < -0.39 is 0 Å². The fourth-order valence-corrected chi connectivity index (χ4v) is 1.47. The molecule has 1 heterocycles. The van der Waals surface area contributed by atoms with Gasteiger partial charge in [-0.2, -0.15) is 0 Å². The fourth-order valence-electron chi connectivity index (χ4n) is 1.29. The summed E-state index contributed by atoms with van der Waals surface area (Å²) in [4.78, 5) is 3.74. The Kier molecular flexibility index (Phi) is 2.81. The Morgan fingerprint density at radius 3 is 2.20 bits per heavy atom. The van der Waals surface area contributed by atoms with Crippen LogP contribution in [0.5, 0.6) is 0 Å². The Balaban J connectivity index is 2.33. The molecule has 58 valence electrons. The van der Waals surface area contributed by atoms with Crippen molar-refractivity contribution in [3.05, 3.63) is 0 Å². The van der Waals surface area contributed by atoms with Gasteiger partial charge < -0.3 is 4.90 Å². The number of nitrogens with zero attached hydrogens (tertiary/aromatic N) is 1. The van der Waals surface area contributed by atoms with Gasteiger partial charge in [0.2, 0.25) is 0 Å². The van der Waals surface area contributed by atoms with Gasteiger partial charge in [-0.05, 0) is 31.6 Å². The summed E-state index contributed by atoms with van der Waals surface area (Å²) in [7, 11) is 0. The van der Waals surface area contributed by atoms with E-state index in [-0.39, 0.29) is 0 Å². The van der Waals surface area contributed by atoms with E-state index in [4.69, 9.17) is 12.2 Å². The van der Waals surface area contributed by atoms with E-state index in [1.807, 2.05) is 0 Å². The van der Waals surface area contributed by atoms with Crippen molar-refractivity contribution in [3.63, 3.8) is 0 Å². The second-order valence-electron chi connectivity index (χ2n) is 3.17. The third-order valence-electron chi connectivity index (χ3n) is 2.09. The summed E-state index contributed by atoms with van der Waals surface area (Å²) in [5, 5.41) is 0. The van der Waals surface area contributed by atoms with Crippen molar-refractivity contribution < 1.29 is 0 Å². The molecule has 10 heavy (non-hydrogen) atoms. The Morgan fingerprint density at radius 2 is 1.80 bits per heavy atom. The number of hydrogen-bond acceptors (Lipinski definition) is 2. The number of rotatable bonds is 1. The number of likely N-dealkylation sites (tertiary alicyclic amines) is 1. The van der Waals surface area contributed by atoms with Crippen molar-refractivity contribution in [3.8, 4) is 0 Å². The minimum Gasteiger partial charge on any atom is -0.300 e. The SMILES string of the molecule is CC(C)N1CCC(=S)CC1. The molecule has 1 nitrogen and oxygen atoms in total. The van der Waals surface area contributed by atoms with E-state index in [9.17, 15) is 0 Å². The molecular weight excluding hydrogens is 142 g/mol. The van der Waals surface area contributed by atoms with Crippen molar-refractivity contribution in [2.75, 3.05) is 13.1 Å². The normalized spacial score (nSPS) is 22.1. The van der Waals surface area contributed by atoms with Gasteiger partial charge in [-0.25, -0.2) is 0 Å². The van der Waals surface area contributed by atoms with Gasteiger partial charge in [0.25, 0.3) is 0 Å². The molecule has 0 saturated carbocycles. The standard InChI is InChI=1S/C8H15NS/c1-7(2)9-5-3-8(10)4-6-9/h7H,3-6H2,1-2H3. The Bertz CT molecular complexity index is 121. The first-order chi connectivity index (χ1) is 4.70. The highest BCUT2D eigenvalue weighted by molar-refractivity contribution is 7.80.